The van der Waals surface area contributed by atoms with Crippen LogP contribution in [0.3, 0.4) is 0 Å². The van der Waals surface area contributed by atoms with Crippen molar-refractivity contribution in [2.45, 2.75) is 25.9 Å². The van der Waals surface area contributed by atoms with Gasteiger partial charge < -0.3 is 5.32 Å². The van der Waals surface area contributed by atoms with Crippen molar-refractivity contribution in [3.63, 3.8) is 0 Å². The molecule has 1 aromatic heterocycles. The van der Waals surface area contributed by atoms with Crippen molar-refractivity contribution in [1.82, 2.24) is 15.1 Å². The summed E-state index contributed by atoms with van der Waals surface area (Å²) in [5.74, 6) is 0. The Morgan fingerprint density at radius 2 is 1.90 bits per heavy atom. The molecule has 0 bridgehead atoms. The lowest BCUT2D eigenvalue weighted by Gasteiger charge is -2.15. The molecule has 0 fully saturated rings. The quantitative estimate of drug-likeness (QED) is 0.770. The van der Waals surface area contributed by atoms with Crippen LogP contribution in [0.4, 0.5) is 0 Å². The fourth-order valence-electron chi connectivity index (χ4n) is 2.79. The SMILES string of the molecule is CCCn1cc(C(NC)c2ccc3ccccc3c2)cn1. The number of hydrogen-bond acceptors (Lipinski definition) is 2. The van der Waals surface area contributed by atoms with Gasteiger partial charge in [-0.1, -0.05) is 43.3 Å². The number of aryl methyl sites for hydroxylation is 1. The summed E-state index contributed by atoms with van der Waals surface area (Å²) in [6, 6.07) is 15.3. The summed E-state index contributed by atoms with van der Waals surface area (Å²) in [5.41, 5.74) is 2.48. The molecule has 108 valence electrons. The molecular formula is C18H21N3. The molecule has 0 spiro atoms. The monoisotopic (exact) mass is 279 g/mol. The van der Waals surface area contributed by atoms with E-state index in [1.807, 2.05) is 17.9 Å². The zero-order valence-corrected chi connectivity index (χ0v) is 12.6. The maximum Gasteiger partial charge on any atom is 0.0605 e. The molecule has 0 amide bonds. The van der Waals surface area contributed by atoms with E-state index in [1.165, 1.54) is 21.9 Å². The summed E-state index contributed by atoms with van der Waals surface area (Å²) >= 11 is 0. The summed E-state index contributed by atoms with van der Waals surface area (Å²) in [4.78, 5) is 0. The Bertz CT molecular complexity index is 730. The van der Waals surface area contributed by atoms with E-state index in [1.54, 1.807) is 0 Å². The first-order valence-corrected chi connectivity index (χ1v) is 7.50. The van der Waals surface area contributed by atoms with Crippen molar-refractivity contribution in [3.05, 3.63) is 66.0 Å². The number of fused-ring (bicyclic) bond motifs is 1. The molecule has 0 radical (unpaired) electrons. The highest BCUT2D eigenvalue weighted by Crippen LogP contribution is 2.25. The van der Waals surface area contributed by atoms with Crippen molar-refractivity contribution in [2.24, 2.45) is 0 Å². The zero-order chi connectivity index (χ0) is 14.7. The molecule has 21 heavy (non-hydrogen) atoms. The predicted molar refractivity (Wildman–Crippen MR) is 87.4 cm³/mol. The predicted octanol–water partition coefficient (Wildman–Crippen LogP) is 3.76. The highest BCUT2D eigenvalue weighted by Gasteiger charge is 2.14. The molecular weight excluding hydrogens is 258 g/mol. The van der Waals surface area contributed by atoms with Crippen molar-refractivity contribution in [3.8, 4) is 0 Å². The van der Waals surface area contributed by atoms with Gasteiger partial charge in [0.2, 0.25) is 0 Å². The zero-order valence-electron chi connectivity index (χ0n) is 12.6. The van der Waals surface area contributed by atoms with Crippen molar-refractivity contribution < 1.29 is 0 Å². The van der Waals surface area contributed by atoms with Crippen LogP contribution in [-0.4, -0.2) is 16.8 Å². The maximum absolute atomic E-state index is 4.44. The van der Waals surface area contributed by atoms with Crippen molar-refractivity contribution >= 4 is 10.8 Å². The molecule has 2 aromatic carbocycles. The first-order chi connectivity index (χ1) is 10.3. The van der Waals surface area contributed by atoms with Gasteiger partial charge in [-0.25, -0.2) is 0 Å². The first kappa shape index (κ1) is 13.8. The van der Waals surface area contributed by atoms with Gasteiger partial charge in [-0.2, -0.15) is 5.10 Å². The van der Waals surface area contributed by atoms with Crippen LogP contribution in [0.15, 0.2) is 54.9 Å². The minimum atomic E-state index is 0.181. The Morgan fingerprint density at radius 1 is 1.10 bits per heavy atom. The van der Waals surface area contributed by atoms with Crippen LogP contribution in [-0.2, 0) is 6.54 Å². The summed E-state index contributed by atoms with van der Waals surface area (Å²) < 4.78 is 2.01. The summed E-state index contributed by atoms with van der Waals surface area (Å²) in [6.45, 7) is 3.13. The van der Waals surface area contributed by atoms with E-state index in [0.29, 0.717) is 0 Å². The van der Waals surface area contributed by atoms with E-state index in [2.05, 4.69) is 66.0 Å². The number of nitrogens with zero attached hydrogens (tertiary/aromatic N) is 2. The van der Waals surface area contributed by atoms with Gasteiger partial charge in [-0.3, -0.25) is 4.68 Å². The minimum absolute atomic E-state index is 0.181. The van der Waals surface area contributed by atoms with Crippen LogP contribution in [0.1, 0.15) is 30.5 Å². The van der Waals surface area contributed by atoms with Gasteiger partial charge in [0, 0.05) is 18.3 Å². The Balaban J connectivity index is 1.96. The highest BCUT2D eigenvalue weighted by atomic mass is 15.3. The molecule has 1 N–H and O–H groups in total. The van der Waals surface area contributed by atoms with Gasteiger partial charge >= 0.3 is 0 Å². The first-order valence-electron chi connectivity index (χ1n) is 7.50. The Kier molecular flexibility index (Phi) is 4.02. The average Bonchev–Trinajstić information content (AvgIpc) is 2.97. The fraction of sp³-hybridized carbons (Fsp3) is 0.278. The third-order valence-electron chi connectivity index (χ3n) is 3.83. The molecule has 0 aliphatic heterocycles. The number of hydrogen-bond donors (Lipinski definition) is 1. The molecule has 3 heteroatoms. The molecule has 1 unspecified atom stereocenters. The van der Waals surface area contributed by atoms with Gasteiger partial charge in [-0.15, -0.1) is 0 Å². The van der Waals surface area contributed by atoms with Crippen LogP contribution in [0.25, 0.3) is 10.8 Å². The summed E-state index contributed by atoms with van der Waals surface area (Å²) in [6.07, 6.45) is 5.20. The van der Waals surface area contributed by atoms with E-state index in [4.69, 9.17) is 0 Å². The number of aromatic nitrogens is 2. The number of nitrogens with one attached hydrogen (secondary N) is 1. The second kappa shape index (κ2) is 6.10. The lowest BCUT2D eigenvalue weighted by atomic mass is 9.98. The second-order valence-electron chi connectivity index (χ2n) is 5.37. The third kappa shape index (κ3) is 2.83. The molecule has 0 aliphatic rings. The van der Waals surface area contributed by atoms with Crippen LogP contribution < -0.4 is 5.32 Å². The van der Waals surface area contributed by atoms with E-state index in [-0.39, 0.29) is 6.04 Å². The Labute approximate surface area is 125 Å². The smallest absolute Gasteiger partial charge is 0.0605 e. The van der Waals surface area contributed by atoms with Crippen LogP contribution in [0.2, 0.25) is 0 Å². The van der Waals surface area contributed by atoms with Gasteiger partial charge in [0.15, 0.2) is 0 Å². The van der Waals surface area contributed by atoms with Crippen LogP contribution in [0.5, 0.6) is 0 Å². The van der Waals surface area contributed by atoms with Gasteiger partial charge in [0.05, 0.1) is 12.2 Å². The topological polar surface area (TPSA) is 29.9 Å². The maximum atomic E-state index is 4.44. The van der Waals surface area contributed by atoms with Crippen molar-refractivity contribution in [2.75, 3.05) is 7.05 Å². The number of rotatable bonds is 5. The van der Waals surface area contributed by atoms with Crippen LogP contribution in [0, 0.1) is 0 Å². The van der Waals surface area contributed by atoms with Gasteiger partial charge in [-0.05, 0) is 35.9 Å². The van der Waals surface area contributed by atoms with Gasteiger partial charge in [0.1, 0.15) is 0 Å². The fourth-order valence-corrected chi connectivity index (χ4v) is 2.79. The van der Waals surface area contributed by atoms with E-state index in [0.717, 1.165) is 13.0 Å². The highest BCUT2D eigenvalue weighted by molar-refractivity contribution is 5.83. The molecule has 3 aromatic rings. The molecule has 0 saturated carbocycles. The van der Waals surface area contributed by atoms with E-state index >= 15 is 0 Å². The summed E-state index contributed by atoms with van der Waals surface area (Å²) in [5, 5.41) is 10.4. The summed E-state index contributed by atoms with van der Waals surface area (Å²) in [7, 11) is 2.00. The Morgan fingerprint density at radius 3 is 2.67 bits per heavy atom. The van der Waals surface area contributed by atoms with E-state index < -0.39 is 0 Å². The molecule has 0 aliphatic carbocycles. The Hall–Kier alpha value is -2.13. The molecule has 1 atom stereocenters. The lowest BCUT2D eigenvalue weighted by molar-refractivity contribution is 0.600. The normalized spacial score (nSPS) is 12.7. The standard InChI is InChI=1S/C18H21N3/c1-3-10-21-13-17(12-20-21)18(19-2)16-9-8-14-6-4-5-7-15(14)11-16/h4-9,11-13,18-19H,3,10H2,1-2H3. The second-order valence-corrected chi connectivity index (χ2v) is 5.37. The van der Waals surface area contributed by atoms with Crippen LogP contribution >= 0.6 is 0 Å². The lowest BCUT2D eigenvalue weighted by Crippen LogP contribution is -2.17. The average molecular weight is 279 g/mol. The van der Waals surface area contributed by atoms with E-state index in [9.17, 15) is 0 Å². The molecule has 3 rings (SSSR count). The largest absolute Gasteiger partial charge is 0.309 e. The number of benzene rings is 2. The minimum Gasteiger partial charge on any atom is -0.309 e. The van der Waals surface area contributed by atoms with Crippen molar-refractivity contribution in [1.29, 1.82) is 0 Å². The third-order valence-corrected chi connectivity index (χ3v) is 3.83. The molecule has 1 heterocycles. The molecule has 3 nitrogen and oxygen atoms in total. The molecule has 0 saturated heterocycles. The van der Waals surface area contributed by atoms with Gasteiger partial charge in [0.25, 0.3) is 0 Å².